The maximum absolute atomic E-state index is 12.4. The Morgan fingerprint density at radius 1 is 1.04 bits per heavy atom. The van der Waals surface area contributed by atoms with Crippen molar-refractivity contribution in [1.82, 2.24) is 5.32 Å². The molecule has 1 aliphatic rings. The summed E-state index contributed by atoms with van der Waals surface area (Å²) in [5, 5.41) is 3.17. The van der Waals surface area contributed by atoms with Crippen LogP contribution in [0.2, 0.25) is 0 Å². The summed E-state index contributed by atoms with van der Waals surface area (Å²) in [5.74, 6) is -0.0115. The standard InChI is InChI=1S/C21H24N2O/c1-16(17-10-4-2-5-11-17)22-19-14-8-9-15-20(19)23-21(24)18-12-6-3-7-13-18/h2-7,10-13,16,20H,8-9,14-15H2,1H3,(H,23,24)/t16-,20?/m0/s1. The predicted octanol–water partition coefficient (Wildman–Crippen LogP) is 4.56. The average Bonchev–Trinajstić information content (AvgIpc) is 2.64. The van der Waals surface area contributed by atoms with E-state index in [1.807, 2.05) is 48.5 Å². The molecule has 1 amide bonds. The van der Waals surface area contributed by atoms with Crippen LogP contribution in [0.5, 0.6) is 0 Å². The van der Waals surface area contributed by atoms with Gasteiger partial charge in [0.05, 0.1) is 12.1 Å². The van der Waals surface area contributed by atoms with Crippen molar-refractivity contribution in [2.45, 2.75) is 44.7 Å². The first kappa shape index (κ1) is 16.4. The summed E-state index contributed by atoms with van der Waals surface area (Å²) < 4.78 is 0. The zero-order valence-electron chi connectivity index (χ0n) is 14.1. The Balaban J connectivity index is 1.73. The highest BCUT2D eigenvalue weighted by molar-refractivity contribution is 5.99. The third-order valence-corrected chi connectivity index (χ3v) is 4.56. The van der Waals surface area contributed by atoms with Gasteiger partial charge in [-0.2, -0.15) is 0 Å². The second-order valence-electron chi connectivity index (χ2n) is 6.34. The molecule has 1 aliphatic carbocycles. The fraction of sp³-hybridized carbons (Fsp3) is 0.333. The maximum Gasteiger partial charge on any atom is 0.251 e. The lowest BCUT2D eigenvalue weighted by Gasteiger charge is -2.26. The van der Waals surface area contributed by atoms with E-state index in [1.54, 1.807) is 0 Å². The molecule has 3 nitrogen and oxygen atoms in total. The largest absolute Gasteiger partial charge is 0.344 e. The quantitative estimate of drug-likeness (QED) is 0.881. The summed E-state index contributed by atoms with van der Waals surface area (Å²) in [6.07, 6.45) is 4.23. The van der Waals surface area contributed by atoms with E-state index in [1.165, 1.54) is 5.56 Å². The summed E-state index contributed by atoms with van der Waals surface area (Å²) in [5.41, 5.74) is 3.05. The molecule has 0 radical (unpaired) electrons. The lowest BCUT2D eigenvalue weighted by Crippen LogP contribution is -2.42. The van der Waals surface area contributed by atoms with E-state index in [0.29, 0.717) is 5.56 Å². The second-order valence-corrected chi connectivity index (χ2v) is 6.34. The number of hydrogen-bond donors (Lipinski definition) is 1. The van der Waals surface area contributed by atoms with E-state index >= 15 is 0 Å². The van der Waals surface area contributed by atoms with Gasteiger partial charge in [0.25, 0.3) is 5.91 Å². The topological polar surface area (TPSA) is 41.5 Å². The van der Waals surface area contributed by atoms with Gasteiger partial charge in [-0.05, 0) is 43.9 Å². The van der Waals surface area contributed by atoms with Crippen molar-refractivity contribution in [3.63, 3.8) is 0 Å². The number of nitrogens with zero attached hydrogens (tertiary/aromatic N) is 1. The minimum absolute atomic E-state index is 0.0115. The Morgan fingerprint density at radius 3 is 2.42 bits per heavy atom. The van der Waals surface area contributed by atoms with E-state index in [-0.39, 0.29) is 18.0 Å². The van der Waals surface area contributed by atoms with Gasteiger partial charge in [0.1, 0.15) is 0 Å². The zero-order chi connectivity index (χ0) is 16.8. The predicted molar refractivity (Wildman–Crippen MR) is 98.5 cm³/mol. The molecule has 1 unspecified atom stereocenters. The number of hydrogen-bond acceptors (Lipinski definition) is 2. The van der Waals surface area contributed by atoms with Gasteiger partial charge in [-0.15, -0.1) is 0 Å². The smallest absolute Gasteiger partial charge is 0.251 e. The third kappa shape index (κ3) is 4.10. The van der Waals surface area contributed by atoms with Crippen LogP contribution in [0.4, 0.5) is 0 Å². The van der Waals surface area contributed by atoms with Crippen LogP contribution in [0.3, 0.4) is 0 Å². The van der Waals surface area contributed by atoms with Crippen LogP contribution in [-0.4, -0.2) is 17.7 Å². The van der Waals surface area contributed by atoms with E-state index in [4.69, 9.17) is 4.99 Å². The number of aliphatic imine (C=N–C) groups is 1. The van der Waals surface area contributed by atoms with Gasteiger partial charge >= 0.3 is 0 Å². The van der Waals surface area contributed by atoms with Gasteiger partial charge in [0.15, 0.2) is 0 Å². The van der Waals surface area contributed by atoms with Crippen LogP contribution in [0.25, 0.3) is 0 Å². The lowest BCUT2D eigenvalue weighted by atomic mass is 9.92. The molecule has 1 N–H and O–H groups in total. The normalized spacial score (nSPS) is 20.5. The fourth-order valence-corrected chi connectivity index (χ4v) is 3.19. The highest BCUT2D eigenvalue weighted by Crippen LogP contribution is 2.22. The Morgan fingerprint density at radius 2 is 1.71 bits per heavy atom. The van der Waals surface area contributed by atoms with Crippen LogP contribution in [0, 0.1) is 0 Å². The molecule has 3 rings (SSSR count). The van der Waals surface area contributed by atoms with E-state index < -0.39 is 0 Å². The summed E-state index contributed by atoms with van der Waals surface area (Å²) in [4.78, 5) is 17.4. The Bertz CT molecular complexity index is 694. The van der Waals surface area contributed by atoms with Gasteiger partial charge < -0.3 is 5.32 Å². The average molecular weight is 320 g/mol. The Hall–Kier alpha value is -2.42. The van der Waals surface area contributed by atoms with Crippen molar-refractivity contribution >= 4 is 11.6 Å². The number of rotatable bonds is 4. The molecule has 2 atom stereocenters. The maximum atomic E-state index is 12.4. The van der Waals surface area contributed by atoms with Gasteiger partial charge in [0, 0.05) is 11.3 Å². The van der Waals surface area contributed by atoms with Gasteiger partial charge in [-0.3, -0.25) is 9.79 Å². The first-order chi connectivity index (χ1) is 11.7. The zero-order valence-corrected chi connectivity index (χ0v) is 14.1. The summed E-state index contributed by atoms with van der Waals surface area (Å²) in [7, 11) is 0. The molecule has 124 valence electrons. The van der Waals surface area contributed by atoms with Crippen molar-refractivity contribution in [1.29, 1.82) is 0 Å². The van der Waals surface area contributed by atoms with Gasteiger partial charge in [-0.1, -0.05) is 55.0 Å². The molecule has 0 heterocycles. The number of carbonyl (C=O) groups is 1. The monoisotopic (exact) mass is 320 g/mol. The molecule has 3 heteroatoms. The summed E-state index contributed by atoms with van der Waals surface area (Å²) in [6, 6.07) is 19.9. The Labute approximate surface area is 143 Å². The van der Waals surface area contributed by atoms with Crippen LogP contribution >= 0.6 is 0 Å². The van der Waals surface area contributed by atoms with Crippen LogP contribution in [0.15, 0.2) is 65.7 Å². The van der Waals surface area contributed by atoms with Crippen molar-refractivity contribution in [3.8, 4) is 0 Å². The molecule has 24 heavy (non-hydrogen) atoms. The number of carbonyl (C=O) groups excluding carboxylic acids is 1. The molecule has 0 aromatic heterocycles. The van der Waals surface area contributed by atoms with E-state index in [2.05, 4.69) is 24.4 Å². The molecule has 0 bridgehead atoms. The molecular formula is C21H24N2O. The van der Waals surface area contributed by atoms with Crippen LogP contribution in [-0.2, 0) is 0 Å². The second kappa shape index (κ2) is 7.91. The molecule has 2 aromatic rings. The molecule has 1 saturated carbocycles. The number of amides is 1. The third-order valence-electron chi connectivity index (χ3n) is 4.56. The SMILES string of the molecule is C[C@H](N=C1CCCCC1NC(=O)c1ccccc1)c1ccccc1. The molecule has 0 saturated heterocycles. The Kier molecular flexibility index (Phi) is 5.42. The summed E-state index contributed by atoms with van der Waals surface area (Å²) >= 11 is 0. The van der Waals surface area contributed by atoms with Crippen molar-refractivity contribution in [2.75, 3.05) is 0 Å². The lowest BCUT2D eigenvalue weighted by molar-refractivity contribution is 0.0943. The van der Waals surface area contributed by atoms with Gasteiger partial charge in [-0.25, -0.2) is 0 Å². The van der Waals surface area contributed by atoms with Gasteiger partial charge in [0.2, 0.25) is 0 Å². The molecular weight excluding hydrogens is 296 g/mol. The molecule has 2 aromatic carbocycles. The molecule has 0 aliphatic heterocycles. The first-order valence-electron chi connectivity index (χ1n) is 8.71. The minimum Gasteiger partial charge on any atom is -0.344 e. The highest BCUT2D eigenvalue weighted by Gasteiger charge is 2.23. The van der Waals surface area contributed by atoms with Crippen LogP contribution in [0.1, 0.15) is 54.6 Å². The molecule has 1 fully saturated rings. The van der Waals surface area contributed by atoms with Crippen molar-refractivity contribution in [3.05, 3.63) is 71.8 Å². The number of benzene rings is 2. The molecule has 0 spiro atoms. The first-order valence-corrected chi connectivity index (χ1v) is 8.71. The van der Waals surface area contributed by atoms with E-state index in [9.17, 15) is 4.79 Å². The van der Waals surface area contributed by atoms with E-state index in [0.717, 1.165) is 31.4 Å². The summed E-state index contributed by atoms with van der Waals surface area (Å²) in [6.45, 7) is 2.12. The highest BCUT2D eigenvalue weighted by atomic mass is 16.1. The minimum atomic E-state index is -0.0115. The van der Waals surface area contributed by atoms with Crippen molar-refractivity contribution < 1.29 is 4.79 Å². The van der Waals surface area contributed by atoms with Crippen molar-refractivity contribution in [2.24, 2.45) is 4.99 Å². The number of nitrogens with one attached hydrogen (secondary N) is 1. The fourth-order valence-electron chi connectivity index (χ4n) is 3.19. The van der Waals surface area contributed by atoms with Crippen LogP contribution < -0.4 is 5.32 Å².